The maximum absolute atomic E-state index is 3.45. The number of likely N-dealkylation sites (tertiary alicyclic amines) is 1. The first-order valence-corrected chi connectivity index (χ1v) is 6.00. The van der Waals surface area contributed by atoms with Crippen LogP contribution in [0.2, 0.25) is 0 Å². The van der Waals surface area contributed by atoms with E-state index in [1.54, 1.807) is 0 Å². The standard InChI is InChI=1S/C12H16BrN/c1-10-6-7-14(8-10)9-11-2-4-12(13)5-3-11/h2-5,10H,6-9H2,1H3. The van der Waals surface area contributed by atoms with E-state index in [1.807, 2.05) is 0 Å². The summed E-state index contributed by atoms with van der Waals surface area (Å²) >= 11 is 3.45. The van der Waals surface area contributed by atoms with Crippen LogP contribution in [0.15, 0.2) is 28.7 Å². The molecule has 1 heterocycles. The smallest absolute Gasteiger partial charge is 0.0233 e. The lowest BCUT2D eigenvalue weighted by Gasteiger charge is -2.14. The molecule has 1 unspecified atom stereocenters. The summed E-state index contributed by atoms with van der Waals surface area (Å²) in [6.07, 6.45) is 1.36. The molecule has 0 aromatic heterocycles. The quantitative estimate of drug-likeness (QED) is 0.782. The summed E-state index contributed by atoms with van der Waals surface area (Å²) in [6.45, 7) is 5.96. The van der Waals surface area contributed by atoms with Gasteiger partial charge in [0, 0.05) is 17.6 Å². The normalized spacial score (nSPS) is 22.9. The van der Waals surface area contributed by atoms with Crippen molar-refractivity contribution in [1.29, 1.82) is 0 Å². The van der Waals surface area contributed by atoms with E-state index in [4.69, 9.17) is 0 Å². The molecule has 1 aromatic rings. The van der Waals surface area contributed by atoms with E-state index < -0.39 is 0 Å². The van der Waals surface area contributed by atoms with Crippen molar-refractivity contribution in [2.45, 2.75) is 19.9 Å². The van der Waals surface area contributed by atoms with Gasteiger partial charge in [-0.25, -0.2) is 0 Å². The molecule has 1 atom stereocenters. The van der Waals surface area contributed by atoms with Crippen molar-refractivity contribution < 1.29 is 0 Å². The zero-order valence-electron chi connectivity index (χ0n) is 8.54. The predicted molar refractivity (Wildman–Crippen MR) is 63.2 cm³/mol. The van der Waals surface area contributed by atoms with Crippen molar-refractivity contribution in [1.82, 2.24) is 4.90 Å². The molecule has 1 nitrogen and oxygen atoms in total. The van der Waals surface area contributed by atoms with Crippen LogP contribution in [-0.2, 0) is 6.54 Å². The molecule has 2 rings (SSSR count). The van der Waals surface area contributed by atoms with Crippen molar-refractivity contribution in [2.24, 2.45) is 5.92 Å². The minimum absolute atomic E-state index is 0.880. The number of hydrogen-bond acceptors (Lipinski definition) is 1. The summed E-state index contributed by atoms with van der Waals surface area (Å²) in [5.41, 5.74) is 1.42. The Kier molecular flexibility index (Phi) is 3.24. The Morgan fingerprint density at radius 2 is 2.07 bits per heavy atom. The second-order valence-corrected chi connectivity index (χ2v) is 5.17. The number of halogens is 1. The van der Waals surface area contributed by atoms with Gasteiger partial charge in [0.2, 0.25) is 0 Å². The van der Waals surface area contributed by atoms with Gasteiger partial charge in [-0.3, -0.25) is 4.90 Å². The topological polar surface area (TPSA) is 3.24 Å². The number of hydrogen-bond donors (Lipinski definition) is 0. The van der Waals surface area contributed by atoms with E-state index in [0.717, 1.165) is 16.9 Å². The van der Waals surface area contributed by atoms with Crippen LogP contribution >= 0.6 is 15.9 Å². The third-order valence-electron chi connectivity index (χ3n) is 2.83. The van der Waals surface area contributed by atoms with E-state index in [2.05, 4.69) is 52.0 Å². The fourth-order valence-electron chi connectivity index (χ4n) is 2.02. The molecular weight excluding hydrogens is 238 g/mol. The highest BCUT2D eigenvalue weighted by Crippen LogP contribution is 2.18. The van der Waals surface area contributed by atoms with E-state index >= 15 is 0 Å². The van der Waals surface area contributed by atoms with Crippen LogP contribution in [-0.4, -0.2) is 18.0 Å². The summed E-state index contributed by atoms with van der Waals surface area (Å²) in [7, 11) is 0. The first-order valence-electron chi connectivity index (χ1n) is 5.21. The molecule has 14 heavy (non-hydrogen) atoms. The molecule has 0 spiro atoms. The largest absolute Gasteiger partial charge is 0.299 e. The van der Waals surface area contributed by atoms with Crippen molar-refractivity contribution >= 4 is 15.9 Å². The molecule has 76 valence electrons. The Labute approximate surface area is 94.2 Å². The van der Waals surface area contributed by atoms with Gasteiger partial charge in [0.1, 0.15) is 0 Å². The van der Waals surface area contributed by atoms with Crippen LogP contribution in [0.4, 0.5) is 0 Å². The molecule has 1 aliphatic heterocycles. The Morgan fingerprint density at radius 3 is 2.64 bits per heavy atom. The fourth-order valence-corrected chi connectivity index (χ4v) is 2.28. The molecule has 0 aliphatic carbocycles. The molecule has 0 N–H and O–H groups in total. The Hall–Kier alpha value is -0.340. The van der Waals surface area contributed by atoms with Crippen LogP contribution in [0.3, 0.4) is 0 Å². The van der Waals surface area contributed by atoms with Crippen molar-refractivity contribution in [3.63, 3.8) is 0 Å². The van der Waals surface area contributed by atoms with Crippen LogP contribution in [0.1, 0.15) is 18.9 Å². The van der Waals surface area contributed by atoms with Gasteiger partial charge in [-0.15, -0.1) is 0 Å². The van der Waals surface area contributed by atoms with E-state index in [-0.39, 0.29) is 0 Å². The Bertz CT molecular complexity index is 294. The van der Waals surface area contributed by atoms with Crippen LogP contribution in [0, 0.1) is 5.92 Å². The number of rotatable bonds is 2. The number of nitrogens with zero attached hydrogens (tertiary/aromatic N) is 1. The Balaban J connectivity index is 1.94. The minimum Gasteiger partial charge on any atom is -0.299 e. The minimum atomic E-state index is 0.880. The van der Waals surface area contributed by atoms with Gasteiger partial charge >= 0.3 is 0 Å². The third kappa shape index (κ3) is 2.58. The predicted octanol–water partition coefficient (Wildman–Crippen LogP) is 3.29. The second-order valence-electron chi connectivity index (χ2n) is 4.26. The summed E-state index contributed by atoms with van der Waals surface area (Å²) in [4.78, 5) is 2.54. The SMILES string of the molecule is CC1CCN(Cc2ccc(Br)cc2)C1. The summed E-state index contributed by atoms with van der Waals surface area (Å²) in [6, 6.07) is 8.64. The van der Waals surface area contributed by atoms with Gasteiger partial charge in [-0.2, -0.15) is 0 Å². The Morgan fingerprint density at radius 1 is 1.36 bits per heavy atom. The van der Waals surface area contributed by atoms with Crippen LogP contribution in [0.5, 0.6) is 0 Å². The fraction of sp³-hybridized carbons (Fsp3) is 0.500. The molecule has 0 amide bonds. The lowest BCUT2D eigenvalue weighted by molar-refractivity contribution is 0.320. The first-order chi connectivity index (χ1) is 6.74. The summed E-state index contributed by atoms with van der Waals surface area (Å²) in [5, 5.41) is 0. The van der Waals surface area contributed by atoms with E-state index in [1.165, 1.54) is 25.1 Å². The monoisotopic (exact) mass is 253 g/mol. The van der Waals surface area contributed by atoms with Crippen molar-refractivity contribution in [2.75, 3.05) is 13.1 Å². The van der Waals surface area contributed by atoms with Gasteiger partial charge in [0.05, 0.1) is 0 Å². The third-order valence-corrected chi connectivity index (χ3v) is 3.36. The molecular formula is C12H16BrN. The molecule has 0 bridgehead atoms. The zero-order chi connectivity index (χ0) is 9.97. The maximum atomic E-state index is 3.45. The van der Waals surface area contributed by atoms with Gasteiger partial charge < -0.3 is 0 Å². The highest BCUT2D eigenvalue weighted by molar-refractivity contribution is 9.10. The molecule has 1 fully saturated rings. The molecule has 0 saturated carbocycles. The summed E-state index contributed by atoms with van der Waals surface area (Å²) in [5.74, 6) is 0.880. The number of benzene rings is 1. The average Bonchev–Trinajstić information content (AvgIpc) is 2.56. The molecule has 1 saturated heterocycles. The molecule has 2 heteroatoms. The van der Waals surface area contributed by atoms with E-state index in [0.29, 0.717) is 0 Å². The second kappa shape index (κ2) is 4.45. The van der Waals surface area contributed by atoms with Gasteiger partial charge in [-0.05, 0) is 36.6 Å². The van der Waals surface area contributed by atoms with Gasteiger partial charge in [-0.1, -0.05) is 35.0 Å². The maximum Gasteiger partial charge on any atom is 0.0233 e. The first kappa shape index (κ1) is 10.2. The molecule has 0 radical (unpaired) electrons. The van der Waals surface area contributed by atoms with Crippen molar-refractivity contribution in [3.8, 4) is 0 Å². The summed E-state index contributed by atoms with van der Waals surface area (Å²) < 4.78 is 1.16. The molecule has 1 aliphatic rings. The highest BCUT2D eigenvalue weighted by Gasteiger charge is 2.17. The molecule has 1 aromatic carbocycles. The zero-order valence-corrected chi connectivity index (χ0v) is 10.1. The van der Waals surface area contributed by atoms with Crippen LogP contribution in [0.25, 0.3) is 0 Å². The van der Waals surface area contributed by atoms with E-state index in [9.17, 15) is 0 Å². The lowest BCUT2D eigenvalue weighted by atomic mass is 10.2. The van der Waals surface area contributed by atoms with Gasteiger partial charge in [0.15, 0.2) is 0 Å². The van der Waals surface area contributed by atoms with Crippen LogP contribution < -0.4 is 0 Å². The average molecular weight is 254 g/mol. The highest BCUT2D eigenvalue weighted by atomic mass is 79.9. The van der Waals surface area contributed by atoms with Gasteiger partial charge in [0.25, 0.3) is 0 Å². The van der Waals surface area contributed by atoms with Crippen molar-refractivity contribution in [3.05, 3.63) is 34.3 Å². The lowest BCUT2D eigenvalue weighted by Crippen LogP contribution is -2.19.